The molecule has 0 unspecified atom stereocenters. The fourth-order valence-corrected chi connectivity index (χ4v) is 3.41. The Morgan fingerprint density at radius 2 is 2.11 bits per heavy atom. The molecule has 3 rings (SSSR count). The molecule has 8 heteroatoms. The molecule has 2 aromatic rings. The summed E-state index contributed by atoms with van der Waals surface area (Å²) in [7, 11) is 0. The van der Waals surface area contributed by atoms with Crippen molar-refractivity contribution in [3.63, 3.8) is 0 Å². The van der Waals surface area contributed by atoms with Crippen molar-refractivity contribution in [3.8, 4) is 11.3 Å². The molecule has 1 amide bonds. The molecular formula is C20H24FN3O4. The second-order valence-corrected chi connectivity index (χ2v) is 6.94. The number of benzene rings is 1. The average molecular weight is 389 g/mol. The zero-order valence-corrected chi connectivity index (χ0v) is 15.7. The summed E-state index contributed by atoms with van der Waals surface area (Å²) in [5.74, 6) is -0.594. The number of aromatic nitrogens is 1. The molecule has 1 aromatic heterocycles. The molecule has 0 spiro atoms. The SMILES string of the molecule is CCN(CC(=O)O)C1CC(NC(=O)CCc2ncc(-c3ccccc3F)o2)C1. The first-order chi connectivity index (χ1) is 13.5. The maximum Gasteiger partial charge on any atom is 0.317 e. The molecule has 1 aromatic carbocycles. The second-order valence-electron chi connectivity index (χ2n) is 6.94. The van der Waals surface area contributed by atoms with Gasteiger partial charge in [-0.15, -0.1) is 0 Å². The monoisotopic (exact) mass is 389 g/mol. The number of halogens is 1. The van der Waals surface area contributed by atoms with Gasteiger partial charge >= 0.3 is 5.97 Å². The molecule has 0 bridgehead atoms. The summed E-state index contributed by atoms with van der Waals surface area (Å²) >= 11 is 0. The number of aliphatic carboxylic acids is 1. The maximum atomic E-state index is 13.8. The number of nitrogens with one attached hydrogen (secondary N) is 1. The highest BCUT2D eigenvalue weighted by Crippen LogP contribution is 2.26. The van der Waals surface area contributed by atoms with Crippen molar-refractivity contribution in [1.29, 1.82) is 0 Å². The van der Waals surface area contributed by atoms with E-state index in [1.807, 2.05) is 11.8 Å². The summed E-state index contributed by atoms with van der Waals surface area (Å²) in [6, 6.07) is 6.56. The number of oxazole rings is 1. The lowest BCUT2D eigenvalue weighted by atomic mass is 9.85. The lowest BCUT2D eigenvalue weighted by Gasteiger charge is -2.42. The van der Waals surface area contributed by atoms with Gasteiger partial charge in [0, 0.05) is 24.9 Å². The van der Waals surface area contributed by atoms with E-state index in [1.165, 1.54) is 12.3 Å². The van der Waals surface area contributed by atoms with Crippen molar-refractivity contribution < 1.29 is 23.5 Å². The molecule has 150 valence electrons. The predicted octanol–water partition coefficient (Wildman–Crippen LogP) is 2.47. The van der Waals surface area contributed by atoms with E-state index in [2.05, 4.69) is 10.3 Å². The largest absolute Gasteiger partial charge is 0.480 e. The second kappa shape index (κ2) is 8.97. The topological polar surface area (TPSA) is 95.7 Å². The molecule has 0 saturated heterocycles. The van der Waals surface area contributed by atoms with Gasteiger partial charge in [0.05, 0.1) is 18.3 Å². The molecule has 0 radical (unpaired) electrons. The van der Waals surface area contributed by atoms with Crippen LogP contribution in [0.4, 0.5) is 4.39 Å². The van der Waals surface area contributed by atoms with Crippen LogP contribution in [-0.4, -0.2) is 52.0 Å². The Bertz CT molecular complexity index is 832. The third kappa shape index (κ3) is 4.95. The predicted molar refractivity (Wildman–Crippen MR) is 100 cm³/mol. The van der Waals surface area contributed by atoms with Gasteiger partial charge < -0.3 is 14.8 Å². The van der Waals surface area contributed by atoms with E-state index < -0.39 is 5.97 Å². The van der Waals surface area contributed by atoms with Crippen molar-refractivity contribution in [2.75, 3.05) is 13.1 Å². The molecular weight excluding hydrogens is 365 g/mol. The van der Waals surface area contributed by atoms with E-state index in [0.29, 0.717) is 30.2 Å². The van der Waals surface area contributed by atoms with Crippen LogP contribution in [0.5, 0.6) is 0 Å². The van der Waals surface area contributed by atoms with Crippen molar-refractivity contribution >= 4 is 11.9 Å². The van der Waals surface area contributed by atoms with Crippen LogP contribution in [-0.2, 0) is 16.0 Å². The summed E-state index contributed by atoms with van der Waals surface area (Å²) in [5, 5.41) is 11.9. The number of amides is 1. The Labute approximate surface area is 162 Å². The van der Waals surface area contributed by atoms with Crippen molar-refractivity contribution in [2.24, 2.45) is 0 Å². The lowest BCUT2D eigenvalue weighted by molar-refractivity contribution is -0.139. The Kier molecular flexibility index (Phi) is 6.41. The number of aryl methyl sites for hydroxylation is 1. The van der Waals surface area contributed by atoms with Gasteiger partial charge in [0.1, 0.15) is 5.82 Å². The third-order valence-corrected chi connectivity index (χ3v) is 5.00. The molecule has 0 atom stereocenters. The molecule has 0 aliphatic heterocycles. The molecule has 2 N–H and O–H groups in total. The van der Waals surface area contributed by atoms with Gasteiger partial charge in [-0.25, -0.2) is 9.37 Å². The van der Waals surface area contributed by atoms with E-state index in [-0.39, 0.29) is 36.8 Å². The molecule has 7 nitrogen and oxygen atoms in total. The molecule has 1 saturated carbocycles. The quantitative estimate of drug-likeness (QED) is 0.684. The van der Waals surface area contributed by atoms with Crippen molar-refractivity contribution in [2.45, 2.75) is 44.7 Å². The van der Waals surface area contributed by atoms with Crippen molar-refractivity contribution in [1.82, 2.24) is 15.2 Å². The van der Waals surface area contributed by atoms with E-state index in [9.17, 15) is 14.0 Å². The minimum absolute atomic E-state index is 0.0241. The van der Waals surface area contributed by atoms with Gasteiger partial charge in [0.25, 0.3) is 0 Å². The van der Waals surface area contributed by atoms with Gasteiger partial charge in [0.2, 0.25) is 5.91 Å². The number of carboxylic acid groups (broad SMARTS) is 1. The molecule has 28 heavy (non-hydrogen) atoms. The summed E-state index contributed by atoms with van der Waals surface area (Å²) < 4.78 is 19.3. The van der Waals surface area contributed by atoms with Crippen LogP contribution >= 0.6 is 0 Å². The molecule has 1 heterocycles. The number of nitrogens with zero attached hydrogens (tertiary/aromatic N) is 2. The summed E-state index contributed by atoms with van der Waals surface area (Å²) in [5.41, 5.74) is 0.341. The van der Waals surface area contributed by atoms with E-state index >= 15 is 0 Å². The number of carboxylic acids is 1. The maximum absolute atomic E-state index is 13.8. The zero-order chi connectivity index (χ0) is 20.1. The number of rotatable bonds is 9. The van der Waals surface area contributed by atoms with Crippen LogP contribution in [0.25, 0.3) is 11.3 Å². The molecule has 1 aliphatic rings. The number of likely N-dealkylation sites (N-methyl/N-ethyl adjacent to an activating group) is 1. The van der Waals surface area contributed by atoms with Crippen LogP contribution in [0.15, 0.2) is 34.9 Å². The standard InChI is InChI=1S/C20H24FN3O4/c1-2-24(12-20(26)27)14-9-13(10-14)23-18(25)7-8-19-22-11-17(28-19)15-5-3-4-6-16(15)21/h3-6,11,13-14H,2,7-10,12H2,1H3,(H,23,25)(H,26,27). The summed E-state index contributed by atoms with van der Waals surface area (Å²) in [6.07, 6.45) is 3.53. The smallest absolute Gasteiger partial charge is 0.317 e. The number of hydrogen-bond donors (Lipinski definition) is 2. The highest BCUT2D eigenvalue weighted by Gasteiger charge is 2.34. The van der Waals surface area contributed by atoms with Crippen LogP contribution < -0.4 is 5.32 Å². The van der Waals surface area contributed by atoms with E-state index in [1.54, 1.807) is 18.2 Å². The molecule has 1 fully saturated rings. The summed E-state index contributed by atoms with van der Waals surface area (Å²) in [6.45, 7) is 2.63. The minimum atomic E-state index is -0.838. The van der Waals surface area contributed by atoms with Gasteiger partial charge in [-0.3, -0.25) is 14.5 Å². The van der Waals surface area contributed by atoms with Gasteiger partial charge in [-0.1, -0.05) is 19.1 Å². The van der Waals surface area contributed by atoms with Crippen LogP contribution in [0.3, 0.4) is 0 Å². The van der Waals surface area contributed by atoms with Crippen LogP contribution in [0.1, 0.15) is 32.1 Å². The fraction of sp³-hybridized carbons (Fsp3) is 0.450. The van der Waals surface area contributed by atoms with Gasteiger partial charge in [0.15, 0.2) is 11.7 Å². The minimum Gasteiger partial charge on any atom is -0.480 e. The normalized spacial score (nSPS) is 18.7. The van der Waals surface area contributed by atoms with Gasteiger partial charge in [-0.05, 0) is 31.5 Å². The molecule has 1 aliphatic carbocycles. The summed E-state index contributed by atoms with van der Waals surface area (Å²) in [4.78, 5) is 29.0. The first-order valence-electron chi connectivity index (χ1n) is 9.41. The first kappa shape index (κ1) is 20.0. The van der Waals surface area contributed by atoms with Crippen LogP contribution in [0, 0.1) is 5.82 Å². The number of hydrogen-bond acceptors (Lipinski definition) is 5. The lowest BCUT2D eigenvalue weighted by Crippen LogP contribution is -2.54. The van der Waals surface area contributed by atoms with Crippen molar-refractivity contribution in [3.05, 3.63) is 42.2 Å². The fourth-order valence-electron chi connectivity index (χ4n) is 3.41. The zero-order valence-electron chi connectivity index (χ0n) is 15.7. The Morgan fingerprint density at radius 3 is 2.79 bits per heavy atom. The number of carbonyl (C=O) groups excluding carboxylic acids is 1. The Hall–Kier alpha value is -2.74. The Morgan fingerprint density at radius 1 is 1.36 bits per heavy atom. The highest BCUT2D eigenvalue weighted by atomic mass is 19.1. The average Bonchev–Trinajstić information content (AvgIpc) is 3.10. The Balaban J connectivity index is 1.42. The van der Waals surface area contributed by atoms with E-state index in [4.69, 9.17) is 9.52 Å². The third-order valence-electron chi connectivity index (χ3n) is 5.00. The highest BCUT2D eigenvalue weighted by molar-refractivity contribution is 5.76. The van der Waals surface area contributed by atoms with Gasteiger partial charge in [-0.2, -0.15) is 0 Å². The van der Waals surface area contributed by atoms with Crippen LogP contribution in [0.2, 0.25) is 0 Å². The van der Waals surface area contributed by atoms with E-state index in [0.717, 1.165) is 12.8 Å². The number of carbonyl (C=O) groups is 2. The first-order valence-corrected chi connectivity index (χ1v) is 9.41.